The molecule has 1 aliphatic rings. The van der Waals surface area contributed by atoms with Gasteiger partial charge in [0.2, 0.25) is 10.0 Å². The molecule has 1 aromatic rings. The molecule has 0 aliphatic carbocycles. The van der Waals surface area contributed by atoms with Crippen LogP contribution in [0.15, 0.2) is 17.2 Å². The standard InChI is InChI=1S/C14H22N2O4S/c1-4-15-9-12(7-13(15)14(17)18)21(19,20)16-6-5-10(2)11(3)8-16/h7,9-11H,4-6,8H2,1-3H3,(H,17,18). The molecule has 7 heteroatoms. The van der Waals surface area contributed by atoms with Gasteiger partial charge in [-0.1, -0.05) is 13.8 Å². The molecule has 0 spiro atoms. The first kappa shape index (κ1) is 16.0. The molecule has 0 amide bonds. The van der Waals surface area contributed by atoms with Crippen molar-refractivity contribution in [3.63, 3.8) is 0 Å². The number of aryl methyl sites for hydroxylation is 1. The summed E-state index contributed by atoms with van der Waals surface area (Å²) in [5, 5.41) is 9.13. The van der Waals surface area contributed by atoms with Crippen molar-refractivity contribution in [3.05, 3.63) is 18.0 Å². The van der Waals surface area contributed by atoms with Crippen molar-refractivity contribution in [2.75, 3.05) is 13.1 Å². The van der Waals surface area contributed by atoms with Crippen molar-refractivity contribution in [2.24, 2.45) is 11.8 Å². The zero-order chi connectivity index (χ0) is 15.8. The van der Waals surface area contributed by atoms with Gasteiger partial charge in [-0.2, -0.15) is 4.31 Å². The lowest BCUT2D eigenvalue weighted by Crippen LogP contribution is -2.42. The van der Waals surface area contributed by atoms with Gasteiger partial charge >= 0.3 is 5.97 Å². The highest BCUT2D eigenvalue weighted by Gasteiger charge is 2.33. The van der Waals surface area contributed by atoms with Gasteiger partial charge < -0.3 is 9.67 Å². The lowest BCUT2D eigenvalue weighted by molar-refractivity contribution is 0.0685. The van der Waals surface area contributed by atoms with Gasteiger partial charge in [-0.3, -0.25) is 0 Å². The summed E-state index contributed by atoms with van der Waals surface area (Å²) in [6.45, 7) is 7.37. The fourth-order valence-electron chi connectivity index (χ4n) is 2.66. The first-order chi connectivity index (χ1) is 9.77. The number of nitrogens with zero attached hydrogens (tertiary/aromatic N) is 2. The zero-order valence-electron chi connectivity index (χ0n) is 12.6. The van der Waals surface area contributed by atoms with Crippen molar-refractivity contribution in [2.45, 2.75) is 38.6 Å². The smallest absolute Gasteiger partial charge is 0.352 e. The zero-order valence-corrected chi connectivity index (χ0v) is 13.4. The molecule has 1 aliphatic heterocycles. The number of carboxylic acid groups (broad SMARTS) is 1. The molecule has 118 valence electrons. The summed E-state index contributed by atoms with van der Waals surface area (Å²) in [4.78, 5) is 11.2. The highest BCUT2D eigenvalue weighted by atomic mass is 32.2. The average molecular weight is 314 g/mol. The molecule has 21 heavy (non-hydrogen) atoms. The number of hydrogen-bond donors (Lipinski definition) is 1. The topological polar surface area (TPSA) is 79.6 Å². The van der Waals surface area contributed by atoms with Crippen LogP contribution in [0.1, 0.15) is 37.7 Å². The van der Waals surface area contributed by atoms with Gasteiger partial charge in [-0.25, -0.2) is 13.2 Å². The minimum atomic E-state index is -3.61. The molecular formula is C14H22N2O4S. The van der Waals surface area contributed by atoms with Crippen LogP contribution >= 0.6 is 0 Å². The number of aromatic nitrogens is 1. The third kappa shape index (κ3) is 2.98. The number of carbonyl (C=O) groups is 1. The van der Waals surface area contributed by atoms with Crippen LogP contribution in [0.4, 0.5) is 0 Å². The Labute approximate surface area is 125 Å². The Morgan fingerprint density at radius 2 is 2.05 bits per heavy atom. The lowest BCUT2D eigenvalue weighted by atomic mass is 9.90. The van der Waals surface area contributed by atoms with E-state index in [9.17, 15) is 13.2 Å². The normalized spacial score (nSPS) is 24.1. The minimum Gasteiger partial charge on any atom is -0.477 e. The van der Waals surface area contributed by atoms with Crippen LogP contribution in [0, 0.1) is 11.8 Å². The van der Waals surface area contributed by atoms with Gasteiger partial charge in [0, 0.05) is 25.8 Å². The third-order valence-electron chi connectivity index (χ3n) is 4.37. The molecule has 2 atom stereocenters. The van der Waals surface area contributed by atoms with Gasteiger partial charge in [0.15, 0.2) is 0 Å². The Morgan fingerprint density at radius 1 is 1.38 bits per heavy atom. The van der Waals surface area contributed by atoms with E-state index in [1.807, 2.05) is 6.92 Å². The summed E-state index contributed by atoms with van der Waals surface area (Å²) in [5.74, 6) is -0.300. The van der Waals surface area contributed by atoms with E-state index in [-0.39, 0.29) is 10.6 Å². The van der Waals surface area contributed by atoms with E-state index < -0.39 is 16.0 Å². The van der Waals surface area contributed by atoms with Crippen molar-refractivity contribution >= 4 is 16.0 Å². The van der Waals surface area contributed by atoms with Crippen molar-refractivity contribution in [3.8, 4) is 0 Å². The molecule has 1 N–H and O–H groups in total. The monoisotopic (exact) mass is 314 g/mol. The van der Waals surface area contributed by atoms with E-state index in [0.717, 1.165) is 6.42 Å². The second kappa shape index (κ2) is 5.81. The molecule has 0 radical (unpaired) electrons. The minimum absolute atomic E-state index is 0.00880. The van der Waals surface area contributed by atoms with E-state index in [1.165, 1.54) is 21.1 Å². The summed E-state index contributed by atoms with van der Waals surface area (Å²) in [6.07, 6.45) is 2.25. The Hall–Kier alpha value is -1.34. The van der Waals surface area contributed by atoms with Crippen LogP contribution in [0.2, 0.25) is 0 Å². The second-order valence-electron chi connectivity index (χ2n) is 5.76. The van der Waals surface area contributed by atoms with Crippen LogP contribution in [-0.2, 0) is 16.6 Å². The Bertz CT molecular complexity index is 635. The Morgan fingerprint density at radius 3 is 2.52 bits per heavy atom. The summed E-state index contributed by atoms with van der Waals surface area (Å²) >= 11 is 0. The number of rotatable bonds is 4. The van der Waals surface area contributed by atoms with E-state index in [1.54, 1.807) is 6.92 Å². The highest BCUT2D eigenvalue weighted by molar-refractivity contribution is 7.89. The maximum absolute atomic E-state index is 12.7. The first-order valence-electron chi connectivity index (χ1n) is 7.21. The van der Waals surface area contributed by atoms with Crippen molar-refractivity contribution < 1.29 is 18.3 Å². The lowest BCUT2D eigenvalue weighted by Gasteiger charge is -2.34. The van der Waals surface area contributed by atoms with Crippen LogP contribution in [0.5, 0.6) is 0 Å². The summed E-state index contributed by atoms with van der Waals surface area (Å²) in [6, 6.07) is 1.25. The number of sulfonamides is 1. The molecule has 0 saturated carbocycles. The average Bonchev–Trinajstić information content (AvgIpc) is 2.86. The van der Waals surface area contributed by atoms with Crippen LogP contribution < -0.4 is 0 Å². The van der Waals surface area contributed by atoms with Crippen LogP contribution in [0.3, 0.4) is 0 Å². The molecule has 2 heterocycles. The van der Waals surface area contributed by atoms with E-state index in [0.29, 0.717) is 31.5 Å². The van der Waals surface area contributed by atoms with Gasteiger partial charge in [-0.15, -0.1) is 0 Å². The number of aromatic carboxylic acids is 1. The fraction of sp³-hybridized carbons (Fsp3) is 0.643. The quantitative estimate of drug-likeness (QED) is 0.920. The first-order valence-corrected chi connectivity index (χ1v) is 8.65. The van der Waals surface area contributed by atoms with E-state index in [2.05, 4.69) is 6.92 Å². The molecule has 0 aromatic carbocycles. The second-order valence-corrected chi connectivity index (χ2v) is 7.70. The number of piperidine rings is 1. The molecule has 2 rings (SSSR count). The summed E-state index contributed by atoms with van der Waals surface area (Å²) < 4.78 is 28.2. The largest absolute Gasteiger partial charge is 0.477 e. The highest BCUT2D eigenvalue weighted by Crippen LogP contribution is 2.28. The van der Waals surface area contributed by atoms with Gasteiger partial charge in [0.05, 0.1) is 0 Å². The predicted octanol–water partition coefficient (Wildman–Crippen LogP) is 1.87. The van der Waals surface area contributed by atoms with E-state index in [4.69, 9.17) is 5.11 Å². The van der Waals surface area contributed by atoms with Gasteiger partial charge in [-0.05, 0) is 31.2 Å². The van der Waals surface area contributed by atoms with Crippen LogP contribution in [0.25, 0.3) is 0 Å². The number of hydrogen-bond acceptors (Lipinski definition) is 3. The van der Waals surface area contributed by atoms with Gasteiger partial charge in [0.1, 0.15) is 10.6 Å². The molecular weight excluding hydrogens is 292 g/mol. The Kier molecular flexibility index (Phi) is 4.43. The van der Waals surface area contributed by atoms with Crippen molar-refractivity contribution in [1.82, 2.24) is 8.87 Å². The van der Waals surface area contributed by atoms with Crippen LogP contribution in [-0.4, -0.2) is 41.5 Å². The SMILES string of the molecule is CCn1cc(S(=O)(=O)N2CCC(C)C(C)C2)cc1C(=O)O. The molecule has 1 saturated heterocycles. The molecule has 1 aromatic heterocycles. The summed E-state index contributed by atoms with van der Waals surface area (Å²) in [7, 11) is -3.61. The Balaban J connectivity index is 2.34. The van der Waals surface area contributed by atoms with E-state index >= 15 is 0 Å². The maximum Gasteiger partial charge on any atom is 0.352 e. The number of carboxylic acids is 1. The van der Waals surface area contributed by atoms with Crippen molar-refractivity contribution in [1.29, 1.82) is 0 Å². The molecule has 0 bridgehead atoms. The third-order valence-corrected chi connectivity index (χ3v) is 6.20. The maximum atomic E-state index is 12.7. The fourth-order valence-corrected chi connectivity index (χ4v) is 4.25. The predicted molar refractivity (Wildman–Crippen MR) is 78.8 cm³/mol. The van der Waals surface area contributed by atoms with Gasteiger partial charge in [0.25, 0.3) is 0 Å². The summed E-state index contributed by atoms with van der Waals surface area (Å²) in [5.41, 5.74) is 0.00880. The molecule has 2 unspecified atom stereocenters. The molecule has 6 nitrogen and oxygen atoms in total. The molecule has 1 fully saturated rings.